The van der Waals surface area contributed by atoms with Crippen LogP contribution in [-0.2, 0) is 0 Å². The Bertz CT molecular complexity index is 209. The third-order valence-corrected chi connectivity index (χ3v) is 3.09. The molecule has 0 bridgehead atoms. The van der Waals surface area contributed by atoms with Gasteiger partial charge in [-0.1, -0.05) is 19.3 Å². The molecular weight excluding hydrogens is 261 g/mol. The normalized spacial score (nSPS) is 15.9. The van der Waals surface area contributed by atoms with E-state index < -0.39 is 0 Å². The number of nitrogens with two attached hydrogens (primary N) is 1. The average molecular weight is 286 g/mol. The van der Waals surface area contributed by atoms with Crippen molar-refractivity contribution in [3.8, 4) is 0 Å². The van der Waals surface area contributed by atoms with Gasteiger partial charge in [-0.15, -0.1) is 24.8 Å². The molecule has 0 aromatic heterocycles. The molecule has 2 amide bonds. The number of urea groups is 1. The summed E-state index contributed by atoms with van der Waals surface area (Å²) >= 11 is 0. The van der Waals surface area contributed by atoms with Gasteiger partial charge in [0, 0.05) is 19.1 Å². The summed E-state index contributed by atoms with van der Waals surface area (Å²) in [7, 11) is 4.03. The lowest BCUT2D eigenvalue weighted by atomic mass is 9.94. The minimum Gasteiger partial charge on any atom is -0.351 e. The van der Waals surface area contributed by atoms with E-state index in [1.54, 1.807) is 0 Å². The molecule has 4 nitrogen and oxygen atoms in total. The lowest BCUT2D eigenvalue weighted by Gasteiger charge is -2.33. The second kappa shape index (κ2) is 9.80. The fraction of sp³-hybridized carbons (Fsp3) is 0.909. The highest BCUT2D eigenvalue weighted by Crippen LogP contribution is 2.22. The topological polar surface area (TPSA) is 49.6 Å². The summed E-state index contributed by atoms with van der Waals surface area (Å²) in [6.45, 7) is 1.65. The number of carbonyl (C=O) groups excluding carboxylic acids is 1. The molecule has 1 rings (SSSR count). The maximum Gasteiger partial charge on any atom is 0.315 e. The van der Waals surface area contributed by atoms with Crippen LogP contribution >= 0.6 is 24.8 Å². The summed E-state index contributed by atoms with van der Waals surface area (Å²) in [5.41, 5.74) is 5.42. The average Bonchev–Trinajstić information content (AvgIpc) is 2.18. The zero-order valence-corrected chi connectivity index (χ0v) is 12.4. The molecule has 0 aliphatic heterocycles. The zero-order valence-electron chi connectivity index (χ0n) is 10.7. The first kappa shape index (κ1) is 19.2. The molecule has 104 valence electrons. The molecule has 2 N–H and O–H groups in total. The van der Waals surface area contributed by atoms with Crippen LogP contribution in [0.25, 0.3) is 0 Å². The lowest BCUT2D eigenvalue weighted by Crippen LogP contribution is -2.47. The molecule has 0 radical (unpaired) electrons. The number of carbonyl (C=O) groups is 1. The first-order chi connectivity index (χ1) is 7.11. The van der Waals surface area contributed by atoms with E-state index in [0.717, 1.165) is 25.9 Å². The highest BCUT2D eigenvalue weighted by molar-refractivity contribution is 5.85. The van der Waals surface area contributed by atoms with E-state index in [2.05, 4.69) is 4.90 Å². The van der Waals surface area contributed by atoms with E-state index in [-0.39, 0.29) is 30.8 Å². The van der Waals surface area contributed by atoms with Gasteiger partial charge in [-0.05, 0) is 26.9 Å². The molecule has 1 aliphatic rings. The molecule has 6 heteroatoms. The standard InChI is InChI=1S/C11H23N3O.2ClH/c1-13(2)8-9-14(11(12)15)10-6-4-3-5-7-10;;/h10H,3-9H2,1-2H3,(H2,12,15);2*1H. The monoisotopic (exact) mass is 285 g/mol. The van der Waals surface area contributed by atoms with Crippen LogP contribution in [0.1, 0.15) is 32.1 Å². The number of likely N-dealkylation sites (N-methyl/N-ethyl adjacent to an activating group) is 1. The van der Waals surface area contributed by atoms with Crippen molar-refractivity contribution in [2.45, 2.75) is 38.1 Å². The molecule has 0 heterocycles. The van der Waals surface area contributed by atoms with Gasteiger partial charge in [0.05, 0.1) is 0 Å². The van der Waals surface area contributed by atoms with Crippen LogP contribution in [-0.4, -0.2) is 49.1 Å². The van der Waals surface area contributed by atoms with Gasteiger partial charge in [-0.2, -0.15) is 0 Å². The van der Waals surface area contributed by atoms with E-state index in [4.69, 9.17) is 5.73 Å². The molecule has 0 unspecified atom stereocenters. The van der Waals surface area contributed by atoms with Crippen molar-refractivity contribution in [2.24, 2.45) is 5.73 Å². The first-order valence-electron chi connectivity index (χ1n) is 5.82. The second-order valence-electron chi connectivity index (χ2n) is 4.63. The predicted molar refractivity (Wildman–Crippen MR) is 76.2 cm³/mol. The number of amides is 2. The Balaban J connectivity index is 0. The van der Waals surface area contributed by atoms with E-state index in [1.807, 2.05) is 19.0 Å². The van der Waals surface area contributed by atoms with Crippen LogP contribution in [0.4, 0.5) is 4.79 Å². The van der Waals surface area contributed by atoms with Crippen molar-refractivity contribution >= 4 is 30.8 Å². The van der Waals surface area contributed by atoms with Crippen molar-refractivity contribution in [1.82, 2.24) is 9.80 Å². The van der Waals surface area contributed by atoms with Gasteiger partial charge in [-0.25, -0.2) is 4.79 Å². The third-order valence-electron chi connectivity index (χ3n) is 3.09. The van der Waals surface area contributed by atoms with Crippen LogP contribution in [0.5, 0.6) is 0 Å². The quantitative estimate of drug-likeness (QED) is 0.860. The molecule has 0 atom stereocenters. The molecular formula is C11H25Cl2N3O. The van der Waals surface area contributed by atoms with Gasteiger partial charge in [-0.3, -0.25) is 0 Å². The van der Waals surface area contributed by atoms with Crippen molar-refractivity contribution in [3.63, 3.8) is 0 Å². The number of halogens is 2. The maximum atomic E-state index is 11.3. The predicted octanol–water partition coefficient (Wildman–Crippen LogP) is 2.11. The Kier molecular flexibility index (Phi) is 11.0. The molecule has 0 spiro atoms. The Labute approximate surface area is 117 Å². The van der Waals surface area contributed by atoms with E-state index >= 15 is 0 Å². The largest absolute Gasteiger partial charge is 0.351 e. The van der Waals surface area contributed by atoms with E-state index in [9.17, 15) is 4.79 Å². The van der Waals surface area contributed by atoms with E-state index in [0.29, 0.717) is 6.04 Å². The van der Waals surface area contributed by atoms with Crippen molar-refractivity contribution < 1.29 is 4.79 Å². The maximum absolute atomic E-state index is 11.3. The number of nitrogens with zero attached hydrogens (tertiary/aromatic N) is 2. The fourth-order valence-corrected chi connectivity index (χ4v) is 2.17. The minimum atomic E-state index is -0.260. The Morgan fingerprint density at radius 3 is 2.06 bits per heavy atom. The van der Waals surface area contributed by atoms with Crippen LogP contribution in [0.2, 0.25) is 0 Å². The lowest BCUT2D eigenvalue weighted by molar-refractivity contribution is 0.156. The first-order valence-corrected chi connectivity index (χ1v) is 5.82. The van der Waals surface area contributed by atoms with Crippen molar-refractivity contribution in [1.29, 1.82) is 0 Å². The summed E-state index contributed by atoms with van der Waals surface area (Å²) < 4.78 is 0. The highest BCUT2D eigenvalue weighted by atomic mass is 35.5. The summed E-state index contributed by atoms with van der Waals surface area (Å²) in [6, 6.07) is 0.125. The molecule has 0 saturated heterocycles. The van der Waals surface area contributed by atoms with Crippen LogP contribution in [0.15, 0.2) is 0 Å². The number of hydrogen-bond donors (Lipinski definition) is 1. The Morgan fingerprint density at radius 2 is 1.65 bits per heavy atom. The van der Waals surface area contributed by atoms with Crippen molar-refractivity contribution in [2.75, 3.05) is 27.2 Å². The molecule has 17 heavy (non-hydrogen) atoms. The van der Waals surface area contributed by atoms with Gasteiger partial charge < -0.3 is 15.5 Å². The second-order valence-corrected chi connectivity index (χ2v) is 4.63. The molecule has 1 aliphatic carbocycles. The zero-order chi connectivity index (χ0) is 11.3. The summed E-state index contributed by atoms with van der Waals surface area (Å²) in [6.07, 6.45) is 6.01. The third kappa shape index (κ3) is 6.96. The van der Waals surface area contributed by atoms with Gasteiger partial charge in [0.1, 0.15) is 0 Å². The van der Waals surface area contributed by atoms with Crippen molar-refractivity contribution in [3.05, 3.63) is 0 Å². The molecule has 1 saturated carbocycles. The van der Waals surface area contributed by atoms with Crippen LogP contribution < -0.4 is 5.73 Å². The van der Waals surface area contributed by atoms with Gasteiger partial charge >= 0.3 is 6.03 Å². The number of hydrogen-bond acceptors (Lipinski definition) is 2. The number of rotatable bonds is 4. The molecule has 1 fully saturated rings. The fourth-order valence-electron chi connectivity index (χ4n) is 2.17. The van der Waals surface area contributed by atoms with Crippen LogP contribution in [0.3, 0.4) is 0 Å². The highest BCUT2D eigenvalue weighted by Gasteiger charge is 2.23. The Hall–Kier alpha value is -0.190. The Morgan fingerprint density at radius 1 is 1.12 bits per heavy atom. The molecule has 0 aromatic rings. The van der Waals surface area contributed by atoms with Gasteiger partial charge in [0.2, 0.25) is 0 Å². The van der Waals surface area contributed by atoms with E-state index in [1.165, 1.54) is 19.3 Å². The minimum absolute atomic E-state index is 0. The summed E-state index contributed by atoms with van der Waals surface area (Å²) in [5, 5.41) is 0. The smallest absolute Gasteiger partial charge is 0.315 e. The molecule has 0 aromatic carbocycles. The number of primary amides is 1. The van der Waals surface area contributed by atoms with Gasteiger partial charge in [0.25, 0.3) is 0 Å². The summed E-state index contributed by atoms with van der Waals surface area (Å²) in [5.74, 6) is 0. The van der Waals surface area contributed by atoms with Gasteiger partial charge in [0.15, 0.2) is 0 Å². The van der Waals surface area contributed by atoms with Crippen LogP contribution in [0, 0.1) is 0 Å². The summed E-state index contributed by atoms with van der Waals surface area (Å²) in [4.78, 5) is 15.3. The SMILES string of the molecule is CN(C)CCN(C(N)=O)C1CCCCC1.Cl.Cl.